The van der Waals surface area contributed by atoms with Crippen LogP contribution in [0.5, 0.6) is 0 Å². The summed E-state index contributed by atoms with van der Waals surface area (Å²) in [6, 6.07) is 2.23. The third-order valence-electron chi connectivity index (χ3n) is 2.80. The van der Waals surface area contributed by atoms with Gasteiger partial charge in [0.2, 0.25) is 0 Å². The van der Waals surface area contributed by atoms with Crippen molar-refractivity contribution in [3.8, 4) is 0 Å². The predicted octanol–water partition coefficient (Wildman–Crippen LogP) is 0.0374. The fourth-order valence-corrected chi connectivity index (χ4v) is 2.58. The Labute approximate surface area is 121 Å². The monoisotopic (exact) mass is 303 g/mol. The van der Waals surface area contributed by atoms with E-state index in [1.54, 1.807) is 24.1 Å². The second-order valence-electron chi connectivity index (χ2n) is 4.95. The summed E-state index contributed by atoms with van der Waals surface area (Å²) in [4.78, 5) is 0. The lowest BCUT2D eigenvalue weighted by Gasteiger charge is -2.18. The molecule has 2 N–H and O–H groups in total. The van der Waals surface area contributed by atoms with Crippen molar-refractivity contribution < 1.29 is 8.42 Å². The molecule has 116 valence electrons. The Morgan fingerprint density at radius 1 is 1.35 bits per heavy atom. The Hall–Kier alpha value is -0.960. The van der Waals surface area contributed by atoms with Gasteiger partial charge in [0.05, 0.1) is 6.54 Å². The number of rotatable bonds is 10. The molecular weight excluding hydrogens is 278 g/mol. The van der Waals surface area contributed by atoms with Crippen LogP contribution in [-0.2, 0) is 16.8 Å². The van der Waals surface area contributed by atoms with Crippen LogP contribution in [0.15, 0.2) is 18.5 Å². The van der Waals surface area contributed by atoms with Gasteiger partial charge in [0.1, 0.15) is 0 Å². The Bertz CT molecular complexity index is 458. The smallest absolute Gasteiger partial charge is 0.279 e. The fourth-order valence-electron chi connectivity index (χ4n) is 1.64. The summed E-state index contributed by atoms with van der Waals surface area (Å²) in [5, 5.41) is 7.28. The molecule has 7 nitrogen and oxygen atoms in total. The van der Waals surface area contributed by atoms with E-state index in [1.807, 2.05) is 6.07 Å². The summed E-state index contributed by atoms with van der Waals surface area (Å²) in [6.07, 6.45) is 4.26. The standard InChI is InChI=1S/C12H25N5O2S/c1-12(2)13-6-4-9-16(3)20(18,19)15-8-11-17-10-5-7-14-17/h5,7,10,12-13,15H,4,6,8-9,11H2,1-3H3. The lowest BCUT2D eigenvalue weighted by molar-refractivity contribution is 0.436. The largest absolute Gasteiger partial charge is 0.314 e. The van der Waals surface area contributed by atoms with E-state index in [9.17, 15) is 8.42 Å². The van der Waals surface area contributed by atoms with E-state index in [1.165, 1.54) is 4.31 Å². The zero-order valence-electron chi connectivity index (χ0n) is 12.4. The number of hydrogen-bond donors (Lipinski definition) is 2. The molecule has 0 fully saturated rings. The van der Waals surface area contributed by atoms with Crippen molar-refractivity contribution in [1.82, 2.24) is 24.1 Å². The average molecular weight is 303 g/mol. The van der Waals surface area contributed by atoms with Crippen LogP contribution in [0.3, 0.4) is 0 Å². The lowest BCUT2D eigenvalue weighted by atomic mass is 10.3. The van der Waals surface area contributed by atoms with Gasteiger partial charge >= 0.3 is 0 Å². The minimum Gasteiger partial charge on any atom is -0.314 e. The van der Waals surface area contributed by atoms with Crippen molar-refractivity contribution in [2.75, 3.05) is 26.7 Å². The Balaban J connectivity index is 2.24. The molecule has 0 atom stereocenters. The molecule has 0 saturated carbocycles. The van der Waals surface area contributed by atoms with E-state index in [2.05, 4.69) is 29.0 Å². The molecule has 0 saturated heterocycles. The van der Waals surface area contributed by atoms with Gasteiger partial charge in [-0.3, -0.25) is 4.68 Å². The van der Waals surface area contributed by atoms with Gasteiger partial charge in [0, 0.05) is 38.6 Å². The van der Waals surface area contributed by atoms with Gasteiger partial charge in [0.25, 0.3) is 10.2 Å². The highest BCUT2D eigenvalue weighted by Crippen LogP contribution is 1.96. The third-order valence-corrected chi connectivity index (χ3v) is 4.37. The average Bonchev–Trinajstić information content (AvgIpc) is 2.87. The Kier molecular flexibility index (Phi) is 7.14. The zero-order valence-corrected chi connectivity index (χ0v) is 13.2. The molecule has 0 unspecified atom stereocenters. The van der Waals surface area contributed by atoms with Crippen LogP contribution in [0.25, 0.3) is 0 Å². The van der Waals surface area contributed by atoms with Gasteiger partial charge in [-0.1, -0.05) is 13.8 Å². The molecule has 20 heavy (non-hydrogen) atoms. The van der Waals surface area contributed by atoms with Crippen LogP contribution in [0.1, 0.15) is 20.3 Å². The highest BCUT2D eigenvalue weighted by molar-refractivity contribution is 7.87. The Morgan fingerprint density at radius 2 is 2.10 bits per heavy atom. The quantitative estimate of drug-likeness (QED) is 0.598. The molecule has 0 aliphatic rings. The molecule has 1 aromatic heterocycles. The van der Waals surface area contributed by atoms with Crippen LogP contribution in [0.4, 0.5) is 0 Å². The molecule has 1 heterocycles. The van der Waals surface area contributed by atoms with E-state index in [4.69, 9.17) is 0 Å². The molecule has 8 heteroatoms. The first-order chi connectivity index (χ1) is 9.42. The number of hydrogen-bond acceptors (Lipinski definition) is 4. The molecule has 0 bridgehead atoms. The molecule has 0 amide bonds. The number of aromatic nitrogens is 2. The highest BCUT2D eigenvalue weighted by Gasteiger charge is 2.16. The van der Waals surface area contributed by atoms with E-state index < -0.39 is 10.2 Å². The molecule has 0 radical (unpaired) electrons. The van der Waals surface area contributed by atoms with Crippen molar-refractivity contribution in [2.45, 2.75) is 32.9 Å². The maximum atomic E-state index is 12.0. The first-order valence-corrected chi connectivity index (χ1v) is 8.27. The van der Waals surface area contributed by atoms with Gasteiger partial charge < -0.3 is 5.32 Å². The maximum Gasteiger partial charge on any atom is 0.279 e. The van der Waals surface area contributed by atoms with E-state index >= 15 is 0 Å². The fraction of sp³-hybridized carbons (Fsp3) is 0.750. The van der Waals surface area contributed by atoms with E-state index in [0.29, 0.717) is 25.7 Å². The van der Waals surface area contributed by atoms with Gasteiger partial charge in [-0.05, 0) is 19.0 Å². The third kappa shape index (κ3) is 6.47. The molecule has 0 aliphatic carbocycles. The zero-order chi connectivity index (χ0) is 15.0. The number of nitrogens with zero attached hydrogens (tertiary/aromatic N) is 3. The van der Waals surface area contributed by atoms with Crippen LogP contribution in [-0.4, -0.2) is 55.2 Å². The SMILES string of the molecule is CC(C)NCCCN(C)S(=O)(=O)NCCn1cccn1. The normalized spacial score (nSPS) is 12.4. The van der Waals surface area contributed by atoms with Crippen molar-refractivity contribution in [2.24, 2.45) is 0 Å². The summed E-state index contributed by atoms with van der Waals surface area (Å²) in [5.41, 5.74) is 0. The van der Waals surface area contributed by atoms with Crippen molar-refractivity contribution in [1.29, 1.82) is 0 Å². The van der Waals surface area contributed by atoms with E-state index in [-0.39, 0.29) is 0 Å². The van der Waals surface area contributed by atoms with E-state index in [0.717, 1.165) is 13.0 Å². The molecule has 0 aromatic carbocycles. The number of nitrogens with one attached hydrogen (secondary N) is 2. The van der Waals surface area contributed by atoms with Crippen molar-refractivity contribution in [3.63, 3.8) is 0 Å². The predicted molar refractivity (Wildman–Crippen MR) is 79.5 cm³/mol. The van der Waals surface area contributed by atoms with Gasteiger partial charge in [-0.2, -0.15) is 17.8 Å². The second-order valence-corrected chi connectivity index (χ2v) is 6.81. The second kappa shape index (κ2) is 8.35. The van der Waals surface area contributed by atoms with Crippen LogP contribution >= 0.6 is 0 Å². The molecular formula is C12H25N5O2S. The molecule has 0 aliphatic heterocycles. The maximum absolute atomic E-state index is 12.0. The summed E-state index contributed by atoms with van der Waals surface area (Å²) < 4.78 is 29.5. The topological polar surface area (TPSA) is 79.3 Å². The summed E-state index contributed by atoms with van der Waals surface area (Å²) >= 11 is 0. The first kappa shape index (κ1) is 17.1. The molecule has 0 spiro atoms. The minimum absolute atomic E-state index is 0.332. The van der Waals surface area contributed by atoms with Crippen molar-refractivity contribution in [3.05, 3.63) is 18.5 Å². The molecule has 1 rings (SSSR count). The van der Waals surface area contributed by atoms with Gasteiger partial charge in [-0.15, -0.1) is 0 Å². The first-order valence-electron chi connectivity index (χ1n) is 6.83. The minimum atomic E-state index is -3.40. The van der Waals surface area contributed by atoms with Gasteiger partial charge in [0.15, 0.2) is 0 Å². The highest BCUT2D eigenvalue weighted by atomic mass is 32.2. The van der Waals surface area contributed by atoms with Crippen LogP contribution in [0, 0.1) is 0 Å². The Morgan fingerprint density at radius 3 is 2.70 bits per heavy atom. The van der Waals surface area contributed by atoms with Crippen LogP contribution in [0.2, 0.25) is 0 Å². The summed E-state index contributed by atoms with van der Waals surface area (Å²) in [6.45, 7) is 6.30. The molecule has 1 aromatic rings. The van der Waals surface area contributed by atoms with Crippen molar-refractivity contribution >= 4 is 10.2 Å². The summed E-state index contributed by atoms with van der Waals surface area (Å²) in [5.74, 6) is 0. The lowest BCUT2D eigenvalue weighted by Crippen LogP contribution is -2.40. The van der Waals surface area contributed by atoms with Gasteiger partial charge in [-0.25, -0.2) is 4.72 Å². The summed E-state index contributed by atoms with van der Waals surface area (Å²) in [7, 11) is -1.81. The van der Waals surface area contributed by atoms with Crippen LogP contribution < -0.4 is 10.0 Å².